The van der Waals surface area contributed by atoms with Crippen molar-refractivity contribution in [2.24, 2.45) is 11.7 Å². The summed E-state index contributed by atoms with van der Waals surface area (Å²) < 4.78 is 0. The smallest absolute Gasteiger partial charge is 0.00419 e. The molecule has 0 amide bonds. The van der Waals surface area contributed by atoms with Crippen LogP contribution in [0.4, 0.5) is 0 Å². The first kappa shape index (κ1) is 12.0. The van der Waals surface area contributed by atoms with E-state index in [1.54, 1.807) is 0 Å². The van der Waals surface area contributed by atoms with Gasteiger partial charge >= 0.3 is 0 Å². The first-order chi connectivity index (χ1) is 6.72. The number of nitrogens with two attached hydrogens (primary N) is 1. The van der Waals surface area contributed by atoms with Gasteiger partial charge in [-0.15, -0.1) is 0 Å². The van der Waals surface area contributed by atoms with E-state index in [0.29, 0.717) is 6.04 Å². The molecule has 0 bridgehead atoms. The molecule has 2 nitrogen and oxygen atoms in total. The number of unbranched alkanes of at least 4 members (excludes halogenated alkanes) is 1. The third-order valence-electron chi connectivity index (χ3n) is 3.29. The van der Waals surface area contributed by atoms with Crippen molar-refractivity contribution >= 4 is 0 Å². The lowest BCUT2D eigenvalue weighted by Crippen LogP contribution is -2.34. The van der Waals surface area contributed by atoms with Crippen LogP contribution < -0.4 is 5.73 Å². The third-order valence-corrected chi connectivity index (χ3v) is 3.29. The van der Waals surface area contributed by atoms with Gasteiger partial charge in [0.05, 0.1) is 0 Å². The minimum Gasteiger partial charge on any atom is -0.328 e. The molecule has 0 aromatic carbocycles. The standard InChI is InChI=1S/C12H26N2/c1-3-4-8-14(2)10-11-6-5-7-12(13)9-11/h11-12H,3-10,13H2,1-2H3. The molecule has 1 aliphatic rings. The molecule has 2 unspecified atom stereocenters. The minimum atomic E-state index is 0.480. The molecule has 14 heavy (non-hydrogen) atoms. The van der Waals surface area contributed by atoms with Crippen LogP contribution in [-0.4, -0.2) is 31.1 Å². The van der Waals surface area contributed by atoms with Crippen LogP contribution in [0, 0.1) is 5.92 Å². The summed E-state index contributed by atoms with van der Waals surface area (Å²) in [5, 5.41) is 0. The Morgan fingerprint density at radius 2 is 2.14 bits per heavy atom. The van der Waals surface area contributed by atoms with Crippen LogP contribution in [0.1, 0.15) is 45.4 Å². The van der Waals surface area contributed by atoms with Crippen LogP contribution in [0.25, 0.3) is 0 Å². The van der Waals surface area contributed by atoms with Crippen molar-refractivity contribution in [1.29, 1.82) is 0 Å². The third kappa shape index (κ3) is 4.43. The van der Waals surface area contributed by atoms with Crippen molar-refractivity contribution in [2.45, 2.75) is 51.5 Å². The summed E-state index contributed by atoms with van der Waals surface area (Å²) in [4.78, 5) is 2.48. The van der Waals surface area contributed by atoms with Gasteiger partial charge in [0, 0.05) is 12.6 Å². The molecule has 0 saturated heterocycles. The Bertz CT molecular complexity index is 147. The van der Waals surface area contributed by atoms with E-state index in [1.165, 1.54) is 51.6 Å². The van der Waals surface area contributed by atoms with Gasteiger partial charge in [-0.05, 0) is 45.2 Å². The molecule has 1 aliphatic carbocycles. The van der Waals surface area contributed by atoms with Crippen molar-refractivity contribution in [3.63, 3.8) is 0 Å². The van der Waals surface area contributed by atoms with Gasteiger partial charge in [-0.3, -0.25) is 0 Å². The predicted octanol–water partition coefficient (Wildman–Crippen LogP) is 2.24. The second-order valence-corrected chi connectivity index (χ2v) is 4.91. The van der Waals surface area contributed by atoms with Crippen molar-refractivity contribution in [1.82, 2.24) is 4.90 Å². The summed E-state index contributed by atoms with van der Waals surface area (Å²) >= 11 is 0. The SMILES string of the molecule is CCCCN(C)CC1CCCC(N)C1. The Kier molecular flexibility index (Phi) is 5.49. The predicted molar refractivity (Wildman–Crippen MR) is 62.3 cm³/mol. The van der Waals surface area contributed by atoms with Crippen LogP contribution >= 0.6 is 0 Å². The van der Waals surface area contributed by atoms with Gasteiger partial charge in [0.25, 0.3) is 0 Å². The fourth-order valence-corrected chi connectivity index (χ4v) is 2.46. The van der Waals surface area contributed by atoms with Gasteiger partial charge < -0.3 is 10.6 Å². The van der Waals surface area contributed by atoms with Crippen LogP contribution in [0.3, 0.4) is 0 Å². The lowest BCUT2D eigenvalue weighted by atomic mass is 9.86. The zero-order valence-electron chi connectivity index (χ0n) is 9.84. The fourth-order valence-electron chi connectivity index (χ4n) is 2.46. The molecule has 0 spiro atoms. The van der Waals surface area contributed by atoms with Crippen LogP contribution in [-0.2, 0) is 0 Å². The van der Waals surface area contributed by atoms with E-state index < -0.39 is 0 Å². The largest absolute Gasteiger partial charge is 0.328 e. The molecule has 84 valence electrons. The summed E-state index contributed by atoms with van der Waals surface area (Å²) in [5.74, 6) is 0.862. The molecule has 1 fully saturated rings. The second kappa shape index (κ2) is 6.41. The van der Waals surface area contributed by atoms with Crippen LogP contribution in [0.2, 0.25) is 0 Å². The maximum Gasteiger partial charge on any atom is 0.00419 e. The first-order valence-corrected chi connectivity index (χ1v) is 6.16. The Balaban J connectivity index is 2.15. The topological polar surface area (TPSA) is 29.3 Å². The molecule has 0 aromatic rings. The van der Waals surface area contributed by atoms with Crippen molar-refractivity contribution in [3.8, 4) is 0 Å². The molecular weight excluding hydrogens is 172 g/mol. The minimum absolute atomic E-state index is 0.480. The molecule has 1 rings (SSSR count). The molecule has 0 heterocycles. The van der Waals surface area contributed by atoms with Gasteiger partial charge in [0.1, 0.15) is 0 Å². The number of nitrogens with zero attached hydrogens (tertiary/aromatic N) is 1. The fraction of sp³-hybridized carbons (Fsp3) is 1.00. The highest BCUT2D eigenvalue weighted by Gasteiger charge is 2.19. The molecule has 2 N–H and O–H groups in total. The summed E-state index contributed by atoms with van der Waals surface area (Å²) in [6.07, 6.45) is 7.85. The van der Waals surface area contributed by atoms with E-state index in [9.17, 15) is 0 Å². The maximum atomic E-state index is 5.98. The average Bonchev–Trinajstić information content (AvgIpc) is 2.15. The van der Waals surface area contributed by atoms with Crippen LogP contribution in [0.5, 0.6) is 0 Å². The van der Waals surface area contributed by atoms with Crippen LogP contribution in [0.15, 0.2) is 0 Å². The summed E-state index contributed by atoms with van der Waals surface area (Å²) in [6, 6.07) is 0.480. The Labute approximate surface area is 88.8 Å². The van der Waals surface area contributed by atoms with Gasteiger partial charge in [-0.1, -0.05) is 19.8 Å². The Morgan fingerprint density at radius 1 is 1.36 bits per heavy atom. The lowest BCUT2D eigenvalue weighted by molar-refractivity contribution is 0.220. The Hall–Kier alpha value is -0.0800. The lowest BCUT2D eigenvalue weighted by Gasteiger charge is -2.30. The van der Waals surface area contributed by atoms with Gasteiger partial charge in [0.15, 0.2) is 0 Å². The van der Waals surface area contributed by atoms with Crippen molar-refractivity contribution in [2.75, 3.05) is 20.1 Å². The summed E-state index contributed by atoms with van der Waals surface area (Å²) in [6.45, 7) is 4.76. The maximum absolute atomic E-state index is 5.98. The molecule has 0 aliphatic heterocycles. The van der Waals surface area contributed by atoms with Gasteiger partial charge in [-0.25, -0.2) is 0 Å². The zero-order valence-corrected chi connectivity index (χ0v) is 9.84. The molecule has 0 aromatic heterocycles. The normalized spacial score (nSPS) is 28.3. The second-order valence-electron chi connectivity index (χ2n) is 4.91. The molecule has 2 heteroatoms. The van der Waals surface area contributed by atoms with Gasteiger partial charge in [-0.2, -0.15) is 0 Å². The van der Waals surface area contributed by atoms with E-state index in [0.717, 1.165) is 5.92 Å². The molecule has 2 atom stereocenters. The van der Waals surface area contributed by atoms with Crippen molar-refractivity contribution < 1.29 is 0 Å². The average molecular weight is 198 g/mol. The monoisotopic (exact) mass is 198 g/mol. The van der Waals surface area contributed by atoms with E-state index in [4.69, 9.17) is 5.73 Å². The van der Waals surface area contributed by atoms with E-state index in [2.05, 4.69) is 18.9 Å². The number of hydrogen-bond acceptors (Lipinski definition) is 2. The zero-order chi connectivity index (χ0) is 10.4. The summed E-state index contributed by atoms with van der Waals surface area (Å²) in [5.41, 5.74) is 5.98. The highest BCUT2D eigenvalue weighted by Crippen LogP contribution is 2.23. The number of hydrogen-bond donors (Lipinski definition) is 1. The quantitative estimate of drug-likeness (QED) is 0.734. The van der Waals surface area contributed by atoms with Gasteiger partial charge in [0.2, 0.25) is 0 Å². The highest BCUT2D eigenvalue weighted by atomic mass is 15.1. The van der Waals surface area contributed by atoms with E-state index in [-0.39, 0.29) is 0 Å². The molecular formula is C12H26N2. The van der Waals surface area contributed by atoms with E-state index >= 15 is 0 Å². The first-order valence-electron chi connectivity index (χ1n) is 6.16. The molecule has 0 radical (unpaired) electrons. The molecule has 1 saturated carbocycles. The van der Waals surface area contributed by atoms with E-state index in [1.807, 2.05) is 0 Å². The summed E-state index contributed by atoms with van der Waals surface area (Å²) in [7, 11) is 2.25. The van der Waals surface area contributed by atoms with Crippen molar-refractivity contribution in [3.05, 3.63) is 0 Å². The number of rotatable bonds is 5. The Morgan fingerprint density at radius 3 is 2.79 bits per heavy atom. The highest BCUT2D eigenvalue weighted by molar-refractivity contribution is 4.76.